The highest BCUT2D eigenvalue weighted by Crippen LogP contribution is 2.42. The van der Waals surface area contributed by atoms with Crippen molar-refractivity contribution in [1.82, 2.24) is 9.55 Å². The monoisotopic (exact) mass is 438 g/mol. The number of hydrogen-bond acceptors (Lipinski definition) is 2. The van der Waals surface area contributed by atoms with Crippen molar-refractivity contribution in [2.45, 2.75) is 57.1 Å². The summed E-state index contributed by atoms with van der Waals surface area (Å²) in [5.74, 6) is 0.407. The topological polar surface area (TPSA) is 38.0 Å². The molecule has 0 aliphatic heterocycles. The van der Waals surface area contributed by atoms with Crippen LogP contribution in [0.4, 0.5) is 0 Å². The minimum atomic E-state index is -0.511. The average Bonchev–Trinajstić information content (AvgIpc) is 3.39. The molecule has 0 atom stereocenters. The van der Waals surface area contributed by atoms with Gasteiger partial charge in [-0.2, -0.15) is 0 Å². The maximum atomic E-state index is 9.93. The summed E-state index contributed by atoms with van der Waals surface area (Å²) in [7, 11) is 0. The lowest BCUT2D eigenvalue weighted by Gasteiger charge is -2.37. The van der Waals surface area contributed by atoms with Crippen LogP contribution in [0.25, 0.3) is 0 Å². The van der Waals surface area contributed by atoms with E-state index in [1.54, 1.807) is 0 Å². The van der Waals surface area contributed by atoms with Gasteiger partial charge in [0.2, 0.25) is 0 Å². The molecular weight excluding hydrogens is 404 g/mol. The molecule has 3 heteroatoms. The fraction of sp³-hybridized carbons (Fsp3) is 0.300. The van der Waals surface area contributed by atoms with Crippen LogP contribution in [0.15, 0.2) is 104 Å². The molecule has 33 heavy (non-hydrogen) atoms. The Morgan fingerprint density at radius 1 is 0.697 bits per heavy atom. The molecule has 0 unspecified atom stereocenters. The molecule has 1 aliphatic carbocycles. The van der Waals surface area contributed by atoms with E-state index in [0.29, 0.717) is 5.92 Å². The molecule has 1 heterocycles. The Morgan fingerprint density at radius 3 is 1.55 bits per heavy atom. The van der Waals surface area contributed by atoms with Crippen molar-refractivity contribution in [1.29, 1.82) is 0 Å². The first-order chi connectivity index (χ1) is 16.3. The molecular formula is C30H34N2O. The Kier molecular flexibility index (Phi) is 7.41. The summed E-state index contributed by atoms with van der Waals surface area (Å²) in [6, 6.07) is 32.1. The molecule has 170 valence electrons. The second-order valence-electron chi connectivity index (χ2n) is 8.52. The van der Waals surface area contributed by atoms with Crippen LogP contribution in [0.2, 0.25) is 0 Å². The van der Waals surface area contributed by atoms with Gasteiger partial charge < -0.3 is 9.67 Å². The van der Waals surface area contributed by atoms with E-state index in [1.807, 2.05) is 20.2 Å². The summed E-state index contributed by atoms with van der Waals surface area (Å²) in [5.41, 5.74) is 4.23. The molecule has 4 aromatic rings. The largest absolute Gasteiger partial charge is 0.393 e. The molecule has 3 nitrogen and oxygen atoms in total. The first-order valence-electron chi connectivity index (χ1n) is 12.2. The molecule has 0 spiro atoms. The van der Waals surface area contributed by atoms with Crippen molar-refractivity contribution in [3.05, 3.63) is 126 Å². The predicted octanol–water partition coefficient (Wildman–Crippen LogP) is 6.77. The van der Waals surface area contributed by atoms with Crippen molar-refractivity contribution in [2.24, 2.45) is 0 Å². The summed E-state index contributed by atoms with van der Waals surface area (Å²) < 4.78 is 2.29. The van der Waals surface area contributed by atoms with Gasteiger partial charge in [-0.15, -0.1) is 0 Å². The van der Waals surface area contributed by atoms with E-state index < -0.39 is 5.54 Å². The fourth-order valence-corrected chi connectivity index (χ4v) is 5.09. The van der Waals surface area contributed by atoms with E-state index in [0.717, 1.165) is 31.4 Å². The van der Waals surface area contributed by atoms with E-state index in [1.165, 1.54) is 16.7 Å². The van der Waals surface area contributed by atoms with Gasteiger partial charge >= 0.3 is 0 Å². The van der Waals surface area contributed by atoms with Gasteiger partial charge in [0.15, 0.2) is 0 Å². The van der Waals surface area contributed by atoms with E-state index in [-0.39, 0.29) is 6.10 Å². The van der Waals surface area contributed by atoms with Gasteiger partial charge in [0.05, 0.1) is 18.1 Å². The van der Waals surface area contributed by atoms with Gasteiger partial charge in [-0.3, -0.25) is 0 Å². The number of aromatic nitrogens is 2. The van der Waals surface area contributed by atoms with Crippen molar-refractivity contribution in [2.75, 3.05) is 0 Å². The lowest BCUT2D eigenvalue weighted by molar-refractivity contribution is 0.122. The van der Waals surface area contributed by atoms with Crippen molar-refractivity contribution in [3.8, 4) is 0 Å². The quantitative estimate of drug-likeness (QED) is 0.349. The Morgan fingerprint density at radius 2 is 1.12 bits per heavy atom. The molecule has 5 rings (SSSR count). The molecule has 1 aromatic heterocycles. The first kappa shape index (κ1) is 23.0. The van der Waals surface area contributed by atoms with Crippen molar-refractivity contribution < 1.29 is 5.11 Å². The molecule has 0 radical (unpaired) electrons. The van der Waals surface area contributed by atoms with E-state index in [2.05, 4.69) is 102 Å². The molecule has 1 N–H and O–H groups in total. The normalized spacial score (nSPS) is 18.3. The Hall–Kier alpha value is -3.17. The van der Waals surface area contributed by atoms with Crippen LogP contribution in [0.1, 0.15) is 67.8 Å². The third kappa shape index (κ3) is 4.51. The number of imidazole rings is 1. The second kappa shape index (κ2) is 10.6. The first-order valence-corrected chi connectivity index (χ1v) is 12.2. The van der Waals surface area contributed by atoms with Gasteiger partial charge in [0, 0.05) is 12.1 Å². The molecule has 1 saturated carbocycles. The maximum absolute atomic E-state index is 9.93. The maximum Gasteiger partial charge on any atom is 0.121 e. The van der Waals surface area contributed by atoms with Crippen LogP contribution in [0.5, 0.6) is 0 Å². The van der Waals surface area contributed by atoms with E-state index in [9.17, 15) is 5.11 Å². The zero-order chi connectivity index (χ0) is 23.1. The second-order valence-corrected chi connectivity index (χ2v) is 8.52. The standard InChI is InChI=1S/C28H28N2O.C2H6/c31-26-18-16-22(17-19-26)27-20-30(21-29-27)28(23-10-4-1-5-11-23,24-12-6-2-7-13-24)25-14-8-3-9-15-25;1-2/h1-15,20-22,26,31H,16-19H2;1-2H3. The minimum Gasteiger partial charge on any atom is -0.393 e. The SMILES string of the molecule is CC.OC1CCC(c2cn(C(c3ccccc3)(c3ccccc3)c3ccccc3)cn2)CC1. The lowest BCUT2D eigenvalue weighted by atomic mass is 9.76. The fourth-order valence-electron chi connectivity index (χ4n) is 5.09. The van der Waals surface area contributed by atoms with Crippen LogP contribution >= 0.6 is 0 Å². The molecule has 1 aliphatic rings. The van der Waals surface area contributed by atoms with E-state index in [4.69, 9.17) is 4.98 Å². The highest BCUT2D eigenvalue weighted by Gasteiger charge is 2.38. The van der Waals surface area contributed by atoms with Crippen LogP contribution in [0.3, 0.4) is 0 Å². The van der Waals surface area contributed by atoms with Crippen LogP contribution < -0.4 is 0 Å². The lowest BCUT2D eigenvalue weighted by Crippen LogP contribution is -2.37. The number of benzene rings is 3. The third-order valence-corrected chi connectivity index (χ3v) is 6.68. The van der Waals surface area contributed by atoms with E-state index >= 15 is 0 Å². The summed E-state index contributed by atoms with van der Waals surface area (Å²) in [6.45, 7) is 4.00. The van der Waals surface area contributed by atoms with Crippen molar-refractivity contribution >= 4 is 0 Å². The summed E-state index contributed by atoms with van der Waals surface area (Å²) in [6.07, 6.45) is 7.77. The van der Waals surface area contributed by atoms with Gasteiger partial charge in [-0.05, 0) is 42.4 Å². The average molecular weight is 439 g/mol. The van der Waals surface area contributed by atoms with Gasteiger partial charge in [0.1, 0.15) is 5.54 Å². The number of nitrogens with zero attached hydrogens (tertiary/aromatic N) is 2. The van der Waals surface area contributed by atoms with Crippen molar-refractivity contribution in [3.63, 3.8) is 0 Å². The van der Waals surface area contributed by atoms with Gasteiger partial charge in [-0.25, -0.2) is 4.98 Å². The summed E-state index contributed by atoms with van der Waals surface area (Å²) in [4.78, 5) is 4.89. The Bertz CT molecular complexity index is 1000. The molecule has 0 amide bonds. The highest BCUT2D eigenvalue weighted by atomic mass is 16.3. The van der Waals surface area contributed by atoms with Gasteiger partial charge in [-0.1, -0.05) is 105 Å². The number of hydrogen-bond donors (Lipinski definition) is 1. The Labute approximate surface area is 197 Å². The van der Waals surface area contributed by atoms with Gasteiger partial charge in [0.25, 0.3) is 0 Å². The number of aliphatic hydroxyl groups excluding tert-OH is 1. The highest BCUT2D eigenvalue weighted by molar-refractivity contribution is 5.50. The molecule has 0 bridgehead atoms. The smallest absolute Gasteiger partial charge is 0.121 e. The van der Waals surface area contributed by atoms with Crippen LogP contribution in [-0.4, -0.2) is 20.8 Å². The number of rotatable bonds is 5. The molecule has 0 saturated heterocycles. The summed E-state index contributed by atoms with van der Waals surface area (Å²) >= 11 is 0. The molecule has 3 aromatic carbocycles. The predicted molar refractivity (Wildman–Crippen MR) is 135 cm³/mol. The van der Waals surface area contributed by atoms with Crippen LogP contribution in [0, 0.1) is 0 Å². The third-order valence-electron chi connectivity index (χ3n) is 6.68. The minimum absolute atomic E-state index is 0.157. The zero-order valence-corrected chi connectivity index (χ0v) is 19.6. The zero-order valence-electron chi connectivity index (χ0n) is 19.6. The molecule has 1 fully saturated rings. The summed E-state index contributed by atoms with van der Waals surface area (Å²) in [5, 5.41) is 9.93. The number of aliphatic hydroxyl groups is 1. The van der Waals surface area contributed by atoms with Crippen LogP contribution in [-0.2, 0) is 5.54 Å². The Balaban J connectivity index is 0.00000126.